The molecule has 10 nitrogen and oxygen atoms in total. The van der Waals surface area contributed by atoms with Gasteiger partial charge in [0.05, 0.1) is 16.8 Å². The number of rotatable bonds is 3. The predicted octanol–water partition coefficient (Wildman–Crippen LogP) is 1.81. The van der Waals surface area contributed by atoms with Gasteiger partial charge in [0, 0.05) is 44.6 Å². The summed E-state index contributed by atoms with van der Waals surface area (Å²) in [5.41, 5.74) is 6.40. The van der Waals surface area contributed by atoms with E-state index in [-0.39, 0.29) is 17.4 Å². The van der Waals surface area contributed by atoms with Crippen molar-refractivity contribution in [2.45, 2.75) is 26.4 Å². The van der Waals surface area contributed by atoms with Crippen LogP contribution in [0.3, 0.4) is 0 Å². The number of ether oxygens (including phenoxy) is 1. The first-order chi connectivity index (χ1) is 13.6. The number of amides is 3. The number of anilines is 2. The molecule has 156 valence electrons. The maximum atomic E-state index is 11.6. The molecule has 0 fully saturated rings. The molecule has 0 unspecified atom stereocenters. The molecule has 0 atom stereocenters. The minimum Gasteiger partial charge on any atom is -0.444 e. The lowest BCUT2D eigenvalue weighted by molar-refractivity contribution is 0.0635. The number of carbonyl (C=O) groups excluding carboxylic acids is 3. The van der Waals surface area contributed by atoms with Gasteiger partial charge in [0.25, 0.3) is 11.8 Å². The zero-order valence-corrected chi connectivity index (χ0v) is 17.1. The minimum atomic E-state index is -0.612. The maximum Gasteiger partial charge on any atom is 0.412 e. The van der Waals surface area contributed by atoms with Gasteiger partial charge in [-0.3, -0.25) is 24.9 Å². The van der Waals surface area contributed by atoms with Crippen molar-refractivity contribution in [3.63, 3.8) is 0 Å². The Morgan fingerprint density at radius 3 is 1.97 bits per heavy atom. The normalized spacial score (nSPS) is 10.1. The highest BCUT2D eigenvalue weighted by atomic mass is 16.6. The zero-order valence-electron chi connectivity index (χ0n) is 17.1. The third kappa shape index (κ3) is 7.83. The second-order valence-electron chi connectivity index (χ2n) is 6.67. The fourth-order valence-electron chi connectivity index (χ4n) is 1.96. The van der Waals surface area contributed by atoms with Crippen LogP contribution in [-0.2, 0) is 4.74 Å². The van der Waals surface area contributed by atoms with Gasteiger partial charge in [-0.2, -0.15) is 0 Å². The Morgan fingerprint density at radius 2 is 1.45 bits per heavy atom. The SMILES string of the molecule is CNC(=O)c1cnccc1N.CNC(=O)c1cnccc1NC(=O)OC(C)(C)C. The van der Waals surface area contributed by atoms with Crippen molar-refractivity contribution in [1.29, 1.82) is 0 Å². The topological polar surface area (TPSA) is 148 Å². The maximum absolute atomic E-state index is 11.6. The number of nitrogens with zero attached hydrogens (tertiary/aromatic N) is 2. The van der Waals surface area contributed by atoms with Crippen molar-refractivity contribution >= 4 is 29.3 Å². The average Bonchev–Trinajstić information content (AvgIpc) is 2.66. The number of aromatic nitrogens is 2. The molecule has 3 amide bonds. The summed E-state index contributed by atoms with van der Waals surface area (Å²) in [6.45, 7) is 5.29. The molecule has 0 saturated carbocycles. The van der Waals surface area contributed by atoms with Crippen molar-refractivity contribution in [3.8, 4) is 0 Å². The number of hydrogen-bond acceptors (Lipinski definition) is 7. The number of nitrogens with one attached hydrogen (secondary N) is 3. The third-order valence-corrected chi connectivity index (χ3v) is 3.25. The molecule has 2 rings (SSSR count). The van der Waals surface area contributed by atoms with Gasteiger partial charge in [0.2, 0.25) is 0 Å². The molecule has 29 heavy (non-hydrogen) atoms. The van der Waals surface area contributed by atoms with Crippen LogP contribution in [0.5, 0.6) is 0 Å². The van der Waals surface area contributed by atoms with Crippen molar-refractivity contribution in [2.75, 3.05) is 25.1 Å². The molecule has 0 bridgehead atoms. The molecule has 2 aromatic rings. The van der Waals surface area contributed by atoms with E-state index in [1.54, 1.807) is 40.1 Å². The molecular weight excluding hydrogens is 376 g/mol. The highest BCUT2D eigenvalue weighted by molar-refractivity contribution is 6.02. The Morgan fingerprint density at radius 1 is 0.931 bits per heavy atom. The molecule has 10 heteroatoms. The van der Waals surface area contributed by atoms with E-state index in [0.717, 1.165) is 0 Å². The van der Waals surface area contributed by atoms with Gasteiger partial charge in [-0.15, -0.1) is 0 Å². The molecule has 2 heterocycles. The third-order valence-electron chi connectivity index (χ3n) is 3.25. The van der Waals surface area contributed by atoms with E-state index in [4.69, 9.17) is 10.5 Å². The van der Waals surface area contributed by atoms with Crippen LogP contribution in [0.25, 0.3) is 0 Å². The molecule has 0 spiro atoms. The number of nitrogens with two attached hydrogens (primary N) is 1. The highest BCUT2D eigenvalue weighted by Gasteiger charge is 2.18. The summed E-state index contributed by atoms with van der Waals surface area (Å²) in [6, 6.07) is 3.12. The zero-order chi connectivity index (χ0) is 22.0. The summed E-state index contributed by atoms with van der Waals surface area (Å²) >= 11 is 0. The van der Waals surface area contributed by atoms with Gasteiger partial charge in [-0.05, 0) is 32.9 Å². The molecule has 0 aliphatic rings. The average molecular weight is 402 g/mol. The lowest BCUT2D eigenvalue weighted by atomic mass is 10.2. The highest BCUT2D eigenvalue weighted by Crippen LogP contribution is 2.15. The smallest absolute Gasteiger partial charge is 0.412 e. The number of hydrogen-bond donors (Lipinski definition) is 4. The lowest BCUT2D eigenvalue weighted by Gasteiger charge is -2.20. The van der Waals surface area contributed by atoms with Crippen molar-refractivity contribution in [3.05, 3.63) is 48.0 Å². The molecule has 2 aromatic heterocycles. The number of carbonyl (C=O) groups is 3. The molecular formula is C19H26N6O4. The molecule has 5 N–H and O–H groups in total. The van der Waals surface area contributed by atoms with Gasteiger partial charge in [0.1, 0.15) is 5.60 Å². The molecule has 0 radical (unpaired) electrons. The standard InChI is InChI=1S/C12H17N3O3.C7H9N3O/c1-12(2,3)18-11(17)15-9-5-6-14-7-8(9)10(16)13-4;1-9-7(11)5-4-10-3-2-6(5)8/h5-7H,1-4H3,(H,13,16)(H,14,15,17);2-4H,1H3,(H2,8,10)(H,9,11). The van der Waals surface area contributed by atoms with Gasteiger partial charge < -0.3 is 21.1 Å². The Balaban J connectivity index is 0.000000326. The summed E-state index contributed by atoms with van der Waals surface area (Å²) in [6.07, 6.45) is 5.24. The summed E-state index contributed by atoms with van der Waals surface area (Å²) in [5, 5.41) is 7.46. The summed E-state index contributed by atoms with van der Waals surface area (Å²) in [7, 11) is 3.06. The molecule has 0 aliphatic heterocycles. The Bertz CT molecular complexity index is 864. The van der Waals surface area contributed by atoms with Gasteiger partial charge in [-0.1, -0.05) is 0 Å². The van der Waals surface area contributed by atoms with E-state index in [0.29, 0.717) is 16.9 Å². The fourth-order valence-corrected chi connectivity index (χ4v) is 1.96. The van der Waals surface area contributed by atoms with Crippen LogP contribution in [-0.4, -0.2) is 47.6 Å². The van der Waals surface area contributed by atoms with Gasteiger partial charge in [-0.25, -0.2) is 4.79 Å². The summed E-state index contributed by atoms with van der Waals surface area (Å²) in [4.78, 5) is 41.8. The van der Waals surface area contributed by atoms with E-state index in [1.165, 1.54) is 31.7 Å². The van der Waals surface area contributed by atoms with Gasteiger partial charge >= 0.3 is 6.09 Å². The molecule has 0 aliphatic carbocycles. The van der Waals surface area contributed by atoms with Gasteiger partial charge in [0.15, 0.2) is 0 Å². The molecule has 0 aromatic carbocycles. The number of nitrogen functional groups attached to an aromatic ring is 1. The minimum absolute atomic E-state index is 0.212. The Kier molecular flexibility index (Phi) is 8.53. The fraction of sp³-hybridized carbons (Fsp3) is 0.316. The van der Waals surface area contributed by atoms with Crippen LogP contribution < -0.4 is 21.7 Å². The monoisotopic (exact) mass is 402 g/mol. The van der Waals surface area contributed by atoms with E-state index in [2.05, 4.69) is 25.9 Å². The van der Waals surface area contributed by atoms with Crippen molar-refractivity contribution in [2.24, 2.45) is 0 Å². The van der Waals surface area contributed by atoms with Crippen LogP contribution >= 0.6 is 0 Å². The van der Waals surface area contributed by atoms with Crippen LogP contribution in [0.15, 0.2) is 36.9 Å². The first-order valence-electron chi connectivity index (χ1n) is 8.66. The summed E-state index contributed by atoms with van der Waals surface area (Å²) in [5.74, 6) is -0.537. The van der Waals surface area contributed by atoms with Crippen LogP contribution in [0.4, 0.5) is 16.2 Å². The van der Waals surface area contributed by atoms with Crippen molar-refractivity contribution < 1.29 is 19.1 Å². The molecule has 0 saturated heterocycles. The van der Waals surface area contributed by atoms with E-state index in [1.807, 2.05) is 0 Å². The van der Waals surface area contributed by atoms with Crippen molar-refractivity contribution in [1.82, 2.24) is 20.6 Å². The lowest BCUT2D eigenvalue weighted by Crippen LogP contribution is -2.28. The Hall–Kier alpha value is -3.69. The predicted molar refractivity (Wildman–Crippen MR) is 110 cm³/mol. The van der Waals surface area contributed by atoms with Crippen LogP contribution in [0.2, 0.25) is 0 Å². The second-order valence-corrected chi connectivity index (χ2v) is 6.67. The first-order valence-corrected chi connectivity index (χ1v) is 8.66. The Labute approximate surface area is 169 Å². The quantitative estimate of drug-likeness (QED) is 0.612. The number of pyridine rings is 2. The first kappa shape index (κ1) is 23.3. The second kappa shape index (κ2) is 10.6. The van der Waals surface area contributed by atoms with Crippen LogP contribution in [0.1, 0.15) is 41.5 Å². The largest absolute Gasteiger partial charge is 0.444 e. The van der Waals surface area contributed by atoms with E-state index in [9.17, 15) is 14.4 Å². The van der Waals surface area contributed by atoms with Crippen LogP contribution in [0, 0.1) is 0 Å². The summed E-state index contributed by atoms with van der Waals surface area (Å²) < 4.78 is 5.11. The van der Waals surface area contributed by atoms with E-state index < -0.39 is 11.7 Å². The van der Waals surface area contributed by atoms with E-state index >= 15 is 0 Å².